The van der Waals surface area contributed by atoms with E-state index in [9.17, 15) is 0 Å². The molecule has 9 nitrogen and oxygen atoms in total. The van der Waals surface area contributed by atoms with Crippen LogP contribution in [0.1, 0.15) is 19.5 Å². The standard InChI is InChI=1S/C21H29N9/c1-13(2)30(23)20-16(22)5-4-15-12-25-21(28-19(15)20)27-18-7-6-17(14(3)26-18)29-10-8-24-9-11-29/h4-7,12-13,24H,8-11,22-23H2,1-3H3,(H,25,26,27,28). The van der Waals surface area contributed by atoms with Gasteiger partial charge in [-0.3, -0.25) is 0 Å². The highest BCUT2D eigenvalue weighted by Gasteiger charge is 2.17. The largest absolute Gasteiger partial charge is 0.397 e. The van der Waals surface area contributed by atoms with Gasteiger partial charge in [0.15, 0.2) is 0 Å². The smallest absolute Gasteiger partial charge is 0.228 e. The number of benzene rings is 1. The zero-order valence-corrected chi connectivity index (χ0v) is 17.7. The van der Waals surface area contributed by atoms with E-state index in [-0.39, 0.29) is 6.04 Å². The lowest BCUT2D eigenvalue weighted by Gasteiger charge is -2.30. The van der Waals surface area contributed by atoms with Crippen LogP contribution < -0.4 is 32.1 Å². The third-order valence-corrected chi connectivity index (χ3v) is 5.33. The molecule has 0 spiro atoms. The number of nitrogen functional groups attached to an aromatic ring is 1. The van der Waals surface area contributed by atoms with Crippen LogP contribution in [-0.2, 0) is 0 Å². The lowest BCUT2D eigenvalue weighted by Crippen LogP contribution is -2.43. The predicted octanol–water partition coefficient (Wildman–Crippen LogP) is 2.16. The van der Waals surface area contributed by atoms with Gasteiger partial charge in [-0.15, -0.1) is 0 Å². The summed E-state index contributed by atoms with van der Waals surface area (Å²) < 4.78 is 0. The molecule has 6 N–H and O–H groups in total. The van der Waals surface area contributed by atoms with Crippen LogP contribution in [0.2, 0.25) is 0 Å². The Hall–Kier alpha value is -3.17. The van der Waals surface area contributed by atoms with Gasteiger partial charge in [0, 0.05) is 43.8 Å². The third kappa shape index (κ3) is 3.94. The molecule has 1 saturated heterocycles. The first-order valence-corrected chi connectivity index (χ1v) is 10.2. The van der Waals surface area contributed by atoms with Gasteiger partial charge in [0.05, 0.1) is 17.1 Å². The van der Waals surface area contributed by atoms with Crippen LogP contribution in [0.3, 0.4) is 0 Å². The molecule has 0 atom stereocenters. The molecule has 158 valence electrons. The highest BCUT2D eigenvalue weighted by atomic mass is 15.4. The summed E-state index contributed by atoms with van der Waals surface area (Å²) in [6.45, 7) is 9.99. The van der Waals surface area contributed by atoms with Gasteiger partial charge in [-0.2, -0.15) is 0 Å². The molecule has 0 saturated carbocycles. The third-order valence-electron chi connectivity index (χ3n) is 5.33. The molecule has 0 radical (unpaired) electrons. The number of aryl methyl sites for hydroxylation is 1. The van der Waals surface area contributed by atoms with Crippen molar-refractivity contribution in [1.82, 2.24) is 20.3 Å². The summed E-state index contributed by atoms with van der Waals surface area (Å²) in [6, 6.07) is 7.86. The number of pyridine rings is 1. The summed E-state index contributed by atoms with van der Waals surface area (Å²) in [6.07, 6.45) is 1.77. The minimum absolute atomic E-state index is 0.0751. The van der Waals surface area contributed by atoms with Crippen molar-refractivity contribution in [3.63, 3.8) is 0 Å². The first kappa shape index (κ1) is 20.1. The fourth-order valence-corrected chi connectivity index (χ4v) is 3.67. The summed E-state index contributed by atoms with van der Waals surface area (Å²) in [5.74, 6) is 7.42. The Morgan fingerprint density at radius 2 is 1.90 bits per heavy atom. The second-order valence-electron chi connectivity index (χ2n) is 7.80. The van der Waals surface area contributed by atoms with E-state index in [1.807, 2.05) is 39.0 Å². The Kier molecular flexibility index (Phi) is 5.56. The van der Waals surface area contributed by atoms with Crippen molar-refractivity contribution in [3.05, 3.63) is 36.2 Å². The van der Waals surface area contributed by atoms with Crippen molar-refractivity contribution in [2.24, 2.45) is 5.84 Å². The van der Waals surface area contributed by atoms with Gasteiger partial charge in [0.25, 0.3) is 0 Å². The maximum absolute atomic E-state index is 6.27. The van der Waals surface area contributed by atoms with E-state index < -0.39 is 0 Å². The molecule has 3 heterocycles. The number of nitrogens with one attached hydrogen (secondary N) is 2. The lowest BCUT2D eigenvalue weighted by atomic mass is 10.1. The van der Waals surface area contributed by atoms with Crippen molar-refractivity contribution in [2.45, 2.75) is 26.8 Å². The average molecular weight is 408 g/mol. The number of piperazine rings is 1. The maximum Gasteiger partial charge on any atom is 0.228 e. The molecule has 0 bridgehead atoms. The van der Waals surface area contributed by atoms with Crippen molar-refractivity contribution < 1.29 is 0 Å². The Bertz CT molecular complexity index is 1040. The van der Waals surface area contributed by atoms with E-state index in [1.54, 1.807) is 11.2 Å². The van der Waals surface area contributed by atoms with Crippen LogP contribution in [0.15, 0.2) is 30.5 Å². The first-order chi connectivity index (χ1) is 14.4. The topological polar surface area (TPSA) is 121 Å². The van der Waals surface area contributed by atoms with Gasteiger partial charge in [0.2, 0.25) is 5.95 Å². The Labute approximate surface area is 176 Å². The van der Waals surface area contributed by atoms with E-state index in [0.717, 1.165) is 42.9 Å². The average Bonchev–Trinajstić information content (AvgIpc) is 2.74. The summed E-state index contributed by atoms with van der Waals surface area (Å²) in [7, 11) is 0. The molecule has 2 aromatic heterocycles. The van der Waals surface area contributed by atoms with E-state index in [4.69, 9.17) is 21.5 Å². The number of hydrogen-bond acceptors (Lipinski definition) is 9. The Balaban J connectivity index is 1.64. The Morgan fingerprint density at radius 1 is 1.13 bits per heavy atom. The monoisotopic (exact) mass is 407 g/mol. The molecule has 0 aliphatic carbocycles. The molecule has 0 unspecified atom stereocenters. The summed E-state index contributed by atoms with van der Waals surface area (Å²) in [4.78, 5) is 16.2. The molecular weight excluding hydrogens is 378 g/mol. The molecular formula is C21H29N9. The van der Waals surface area contributed by atoms with Crippen LogP contribution in [0, 0.1) is 6.92 Å². The molecule has 30 heavy (non-hydrogen) atoms. The van der Waals surface area contributed by atoms with Gasteiger partial charge in [-0.05, 0) is 45.0 Å². The van der Waals surface area contributed by atoms with Crippen LogP contribution in [0.4, 0.5) is 28.8 Å². The van der Waals surface area contributed by atoms with Crippen LogP contribution in [0.5, 0.6) is 0 Å². The maximum atomic E-state index is 6.27. The van der Waals surface area contributed by atoms with E-state index in [0.29, 0.717) is 28.7 Å². The summed E-state index contributed by atoms with van der Waals surface area (Å²) in [5, 5.41) is 9.10. The van der Waals surface area contributed by atoms with Gasteiger partial charge < -0.3 is 26.3 Å². The Morgan fingerprint density at radius 3 is 2.60 bits per heavy atom. The molecule has 1 aliphatic heterocycles. The summed E-state index contributed by atoms with van der Waals surface area (Å²) in [5.41, 5.74) is 10.3. The lowest BCUT2D eigenvalue weighted by molar-refractivity contribution is 0.588. The molecule has 9 heteroatoms. The zero-order chi connectivity index (χ0) is 21.3. The number of rotatable bonds is 5. The van der Waals surface area contributed by atoms with Crippen LogP contribution in [-0.4, -0.2) is 47.2 Å². The SMILES string of the molecule is Cc1nc(Nc2ncc3ccc(N)c(N(N)C(C)C)c3n2)ccc1N1CCNCC1. The van der Waals surface area contributed by atoms with Crippen molar-refractivity contribution in [1.29, 1.82) is 0 Å². The molecule has 1 aliphatic rings. The van der Waals surface area contributed by atoms with Gasteiger partial charge in [-0.25, -0.2) is 20.8 Å². The number of aromatic nitrogens is 3. The fourth-order valence-electron chi connectivity index (χ4n) is 3.67. The quantitative estimate of drug-likeness (QED) is 0.286. The number of hydrogen-bond donors (Lipinski definition) is 4. The van der Waals surface area contributed by atoms with Crippen LogP contribution >= 0.6 is 0 Å². The fraction of sp³-hybridized carbons (Fsp3) is 0.381. The number of hydrazine groups is 1. The number of anilines is 5. The number of nitrogens with two attached hydrogens (primary N) is 2. The van der Waals surface area contributed by atoms with Crippen molar-refractivity contribution >= 4 is 39.7 Å². The minimum atomic E-state index is 0.0751. The normalized spacial score (nSPS) is 14.4. The van der Waals surface area contributed by atoms with Crippen molar-refractivity contribution in [2.75, 3.05) is 47.1 Å². The molecule has 1 aromatic carbocycles. The molecule has 3 aromatic rings. The second kappa shape index (κ2) is 8.29. The van der Waals surface area contributed by atoms with E-state index in [1.165, 1.54) is 0 Å². The summed E-state index contributed by atoms with van der Waals surface area (Å²) >= 11 is 0. The predicted molar refractivity (Wildman–Crippen MR) is 123 cm³/mol. The minimum Gasteiger partial charge on any atom is -0.397 e. The van der Waals surface area contributed by atoms with Gasteiger partial charge in [0.1, 0.15) is 17.0 Å². The van der Waals surface area contributed by atoms with E-state index in [2.05, 4.69) is 26.6 Å². The molecule has 0 amide bonds. The first-order valence-electron chi connectivity index (χ1n) is 10.2. The number of fused-ring (bicyclic) bond motifs is 1. The number of nitrogens with zero attached hydrogens (tertiary/aromatic N) is 5. The van der Waals surface area contributed by atoms with Gasteiger partial charge >= 0.3 is 0 Å². The zero-order valence-electron chi connectivity index (χ0n) is 17.7. The molecule has 4 rings (SSSR count). The highest BCUT2D eigenvalue weighted by Crippen LogP contribution is 2.32. The molecule has 1 fully saturated rings. The second-order valence-corrected chi connectivity index (χ2v) is 7.80. The highest BCUT2D eigenvalue weighted by molar-refractivity contribution is 5.97. The van der Waals surface area contributed by atoms with Gasteiger partial charge in [-0.1, -0.05) is 0 Å². The van der Waals surface area contributed by atoms with Crippen LogP contribution in [0.25, 0.3) is 10.9 Å². The van der Waals surface area contributed by atoms with Crippen molar-refractivity contribution in [3.8, 4) is 0 Å². The van der Waals surface area contributed by atoms with E-state index >= 15 is 0 Å².